The number of methoxy groups -OCH3 is 1. The Morgan fingerprint density at radius 3 is 2.59 bits per heavy atom. The number of benzene rings is 2. The number of rotatable bonds is 7. The molecule has 1 aliphatic heterocycles. The Hall–Kier alpha value is -2.83. The Morgan fingerprint density at radius 1 is 1.15 bits per heavy atom. The van der Waals surface area contributed by atoms with Gasteiger partial charge in [0.05, 0.1) is 18.7 Å². The summed E-state index contributed by atoms with van der Waals surface area (Å²) < 4.78 is 5.41. The van der Waals surface area contributed by atoms with Crippen molar-refractivity contribution in [2.75, 3.05) is 26.7 Å². The van der Waals surface area contributed by atoms with Crippen LogP contribution in [-0.4, -0.2) is 48.4 Å². The van der Waals surface area contributed by atoms with Gasteiger partial charge in [0.25, 0.3) is 5.91 Å². The summed E-state index contributed by atoms with van der Waals surface area (Å²) in [6.45, 7) is 5.19. The van der Waals surface area contributed by atoms with E-state index in [1.807, 2.05) is 55.1 Å². The monoisotopic (exact) mass is 496 g/mol. The van der Waals surface area contributed by atoms with Gasteiger partial charge >= 0.3 is 0 Å². The van der Waals surface area contributed by atoms with Crippen LogP contribution in [-0.2, 0) is 11.2 Å². The summed E-state index contributed by atoms with van der Waals surface area (Å²) in [6, 6.07) is 16.7. The van der Waals surface area contributed by atoms with E-state index < -0.39 is 0 Å². The van der Waals surface area contributed by atoms with Crippen molar-refractivity contribution >= 4 is 34.8 Å². The maximum atomic E-state index is 13.7. The molecule has 3 aromatic rings. The molecule has 7 heteroatoms. The third-order valence-electron chi connectivity index (χ3n) is 6.01. The minimum atomic E-state index is -0.198. The van der Waals surface area contributed by atoms with Crippen LogP contribution in [0.4, 0.5) is 0 Å². The number of hydrogen-bond acceptors (Lipinski definition) is 4. The van der Waals surface area contributed by atoms with Gasteiger partial charge in [0.2, 0.25) is 5.91 Å². The molecule has 0 fully saturated rings. The smallest absolute Gasteiger partial charge is 0.258 e. The van der Waals surface area contributed by atoms with E-state index in [2.05, 4.69) is 11.4 Å². The Morgan fingerprint density at radius 2 is 1.88 bits per heavy atom. The number of amides is 2. The zero-order chi connectivity index (χ0) is 24.2. The summed E-state index contributed by atoms with van der Waals surface area (Å²) in [6.07, 6.45) is 0.813. The molecule has 1 aromatic heterocycles. The summed E-state index contributed by atoms with van der Waals surface area (Å²) in [7, 11) is 1.55. The van der Waals surface area contributed by atoms with Gasteiger partial charge in [0.1, 0.15) is 12.3 Å². The Kier molecular flexibility index (Phi) is 7.59. The molecule has 5 nitrogen and oxygen atoms in total. The molecular formula is C27H29ClN2O3S. The average molecular weight is 497 g/mol. The SMILES string of the molecule is COc1ccccc1C(=O)N(CC(=O)N1CCc2sccc2C1c1ccc(Cl)cc1)CC(C)C. The molecule has 0 bridgehead atoms. The second-order valence-corrected chi connectivity index (χ2v) is 10.3. The van der Waals surface area contributed by atoms with E-state index in [1.165, 1.54) is 4.88 Å². The van der Waals surface area contributed by atoms with E-state index in [4.69, 9.17) is 16.3 Å². The molecule has 2 amide bonds. The lowest BCUT2D eigenvalue weighted by Crippen LogP contribution is -2.47. The van der Waals surface area contributed by atoms with Crippen LogP contribution in [0.3, 0.4) is 0 Å². The van der Waals surface area contributed by atoms with Crippen LogP contribution in [0.1, 0.15) is 46.3 Å². The van der Waals surface area contributed by atoms with Gasteiger partial charge in [0, 0.05) is 23.0 Å². The number of fused-ring (bicyclic) bond motifs is 1. The molecular weight excluding hydrogens is 468 g/mol. The second kappa shape index (κ2) is 10.6. The molecule has 34 heavy (non-hydrogen) atoms. The van der Waals surface area contributed by atoms with Crippen molar-refractivity contribution in [3.63, 3.8) is 0 Å². The highest BCUT2D eigenvalue weighted by molar-refractivity contribution is 7.10. The highest BCUT2D eigenvalue weighted by Crippen LogP contribution is 2.38. The highest BCUT2D eigenvalue weighted by atomic mass is 35.5. The fourth-order valence-corrected chi connectivity index (χ4v) is 5.53. The molecule has 2 heterocycles. The number of hydrogen-bond donors (Lipinski definition) is 0. The lowest BCUT2D eigenvalue weighted by molar-refractivity contribution is -0.134. The number of carbonyl (C=O) groups excluding carboxylic acids is 2. The van der Waals surface area contributed by atoms with E-state index in [1.54, 1.807) is 35.5 Å². The standard InChI is InChI=1S/C27H29ClN2O3S/c1-18(2)16-29(27(32)21-6-4-5-7-23(21)33-3)17-25(31)30-14-12-24-22(13-15-34-24)26(30)19-8-10-20(28)11-9-19/h4-11,13,15,18,26H,12,14,16-17H2,1-3H3. The predicted octanol–water partition coefficient (Wildman–Crippen LogP) is 5.68. The van der Waals surface area contributed by atoms with Gasteiger partial charge in [-0.25, -0.2) is 0 Å². The molecule has 1 atom stereocenters. The van der Waals surface area contributed by atoms with Crippen LogP contribution in [0.25, 0.3) is 0 Å². The molecule has 1 unspecified atom stereocenters. The van der Waals surface area contributed by atoms with Gasteiger partial charge in [-0.3, -0.25) is 9.59 Å². The Balaban J connectivity index is 1.63. The van der Waals surface area contributed by atoms with Crippen LogP contribution in [0.2, 0.25) is 5.02 Å². The summed E-state index contributed by atoms with van der Waals surface area (Å²) in [4.78, 5) is 32.1. The van der Waals surface area contributed by atoms with Crippen molar-refractivity contribution in [1.82, 2.24) is 9.80 Å². The Labute approximate surface area is 209 Å². The van der Waals surface area contributed by atoms with E-state index in [9.17, 15) is 9.59 Å². The summed E-state index contributed by atoms with van der Waals surface area (Å²) >= 11 is 7.86. The lowest BCUT2D eigenvalue weighted by atomic mass is 9.93. The van der Waals surface area contributed by atoms with Crippen LogP contribution in [0, 0.1) is 5.92 Å². The first-order chi connectivity index (χ1) is 16.4. The molecule has 0 aliphatic carbocycles. The molecule has 2 aromatic carbocycles. The van der Waals surface area contributed by atoms with Crippen LogP contribution >= 0.6 is 22.9 Å². The van der Waals surface area contributed by atoms with E-state index >= 15 is 0 Å². The predicted molar refractivity (Wildman–Crippen MR) is 137 cm³/mol. The largest absolute Gasteiger partial charge is 0.496 e. The molecule has 4 rings (SSSR count). The van der Waals surface area contributed by atoms with Gasteiger partial charge in [-0.1, -0.05) is 49.7 Å². The molecule has 0 saturated heterocycles. The number of para-hydroxylation sites is 1. The minimum Gasteiger partial charge on any atom is -0.496 e. The topological polar surface area (TPSA) is 49.9 Å². The first-order valence-electron chi connectivity index (χ1n) is 11.4. The van der Waals surface area contributed by atoms with Crippen molar-refractivity contribution < 1.29 is 14.3 Å². The lowest BCUT2D eigenvalue weighted by Gasteiger charge is -2.38. The van der Waals surface area contributed by atoms with E-state index in [-0.39, 0.29) is 30.3 Å². The van der Waals surface area contributed by atoms with Gasteiger partial charge in [0.15, 0.2) is 0 Å². The quantitative estimate of drug-likeness (QED) is 0.422. The maximum Gasteiger partial charge on any atom is 0.258 e. The van der Waals surface area contributed by atoms with Crippen molar-refractivity contribution in [3.05, 3.63) is 86.6 Å². The third kappa shape index (κ3) is 5.13. The third-order valence-corrected chi connectivity index (χ3v) is 7.26. The van der Waals surface area contributed by atoms with Crippen LogP contribution in [0.15, 0.2) is 60.0 Å². The van der Waals surface area contributed by atoms with Crippen LogP contribution in [0.5, 0.6) is 5.75 Å². The van der Waals surface area contributed by atoms with Crippen LogP contribution < -0.4 is 4.74 Å². The Bertz CT molecular complexity index is 1160. The van der Waals surface area contributed by atoms with Crippen molar-refractivity contribution in [2.45, 2.75) is 26.3 Å². The fraction of sp³-hybridized carbons (Fsp3) is 0.333. The number of ether oxygens (including phenoxy) is 1. The zero-order valence-electron chi connectivity index (χ0n) is 19.7. The molecule has 0 radical (unpaired) electrons. The van der Waals surface area contributed by atoms with E-state index in [0.29, 0.717) is 29.4 Å². The molecule has 0 saturated carbocycles. The average Bonchev–Trinajstić information content (AvgIpc) is 3.32. The van der Waals surface area contributed by atoms with Crippen molar-refractivity contribution in [2.24, 2.45) is 5.92 Å². The number of thiophene rings is 1. The molecule has 0 N–H and O–H groups in total. The molecule has 178 valence electrons. The first kappa shape index (κ1) is 24.3. The minimum absolute atomic E-state index is 0.0125. The second-order valence-electron chi connectivity index (χ2n) is 8.87. The summed E-state index contributed by atoms with van der Waals surface area (Å²) in [5.41, 5.74) is 2.63. The molecule has 1 aliphatic rings. The fourth-order valence-electron chi connectivity index (χ4n) is 4.50. The maximum absolute atomic E-state index is 13.7. The van der Waals surface area contributed by atoms with Gasteiger partial charge in [-0.05, 0) is 59.2 Å². The summed E-state index contributed by atoms with van der Waals surface area (Å²) in [5.74, 6) is 0.452. The molecule has 0 spiro atoms. The van der Waals surface area contributed by atoms with Crippen molar-refractivity contribution in [1.29, 1.82) is 0 Å². The zero-order valence-corrected chi connectivity index (χ0v) is 21.2. The number of nitrogens with zero attached hydrogens (tertiary/aromatic N) is 2. The number of halogens is 1. The first-order valence-corrected chi connectivity index (χ1v) is 12.7. The van der Waals surface area contributed by atoms with Crippen molar-refractivity contribution in [3.8, 4) is 5.75 Å². The van der Waals surface area contributed by atoms with Gasteiger partial charge < -0.3 is 14.5 Å². The van der Waals surface area contributed by atoms with Gasteiger partial charge in [-0.15, -0.1) is 11.3 Å². The summed E-state index contributed by atoms with van der Waals surface area (Å²) in [5, 5.41) is 2.74. The van der Waals surface area contributed by atoms with E-state index in [0.717, 1.165) is 17.5 Å². The number of carbonyl (C=O) groups is 2. The van der Waals surface area contributed by atoms with Gasteiger partial charge in [-0.2, -0.15) is 0 Å². The normalized spacial score (nSPS) is 15.2. The highest BCUT2D eigenvalue weighted by Gasteiger charge is 2.34.